The monoisotopic (exact) mass is 383 g/mol. The lowest BCUT2D eigenvalue weighted by Gasteiger charge is -2.23. The molecule has 0 fully saturated rings. The highest BCUT2D eigenvalue weighted by Crippen LogP contribution is 2.32. The Morgan fingerprint density at radius 1 is 1.07 bits per heavy atom. The van der Waals surface area contributed by atoms with Crippen molar-refractivity contribution in [2.75, 3.05) is 7.11 Å². The summed E-state index contributed by atoms with van der Waals surface area (Å²) < 4.78 is 11.5. The van der Waals surface area contributed by atoms with Gasteiger partial charge in [0, 0.05) is 0 Å². The topological polar surface area (TPSA) is 47.6 Å². The lowest BCUT2D eigenvalue weighted by molar-refractivity contribution is -0.128. The maximum Gasteiger partial charge on any atom is 0.261 e. The number of hydrogen-bond donors (Lipinski definition) is 1. The Hall–Kier alpha value is -2.49. The zero-order valence-electron chi connectivity index (χ0n) is 18.1. The molecule has 0 saturated carbocycles. The number of benzene rings is 2. The standard InChI is InChI=1S/C24H33NO3/c1-8-22(28-19-11-9-10-16(4)12-19)24(26)25-18(6)21-14-20(15(2)3)23(27-7)13-17(21)5/h9-15,18,22H,8H2,1-7H3,(H,25,26). The van der Waals surface area contributed by atoms with Crippen molar-refractivity contribution in [1.82, 2.24) is 5.32 Å². The molecule has 0 aromatic heterocycles. The molecule has 0 radical (unpaired) electrons. The molecule has 2 unspecified atom stereocenters. The van der Waals surface area contributed by atoms with E-state index in [1.54, 1.807) is 7.11 Å². The average molecular weight is 384 g/mol. The molecule has 0 saturated heterocycles. The first kappa shape index (κ1) is 21.8. The van der Waals surface area contributed by atoms with Gasteiger partial charge in [0.15, 0.2) is 6.10 Å². The van der Waals surface area contributed by atoms with Crippen molar-refractivity contribution >= 4 is 5.91 Å². The van der Waals surface area contributed by atoms with Crippen LogP contribution in [0.2, 0.25) is 0 Å². The first-order valence-electron chi connectivity index (χ1n) is 9.98. The van der Waals surface area contributed by atoms with Crippen LogP contribution in [0.1, 0.15) is 68.3 Å². The van der Waals surface area contributed by atoms with E-state index in [1.807, 2.05) is 58.0 Å². The molecule has 0 aliphatic heterocycles. The van der Waals surface area contributed by atoms with Crippen LogP contribution in [-0.4, -0.2) is 19.1 Å². The molecule has 0 aliphatic carbocycles. The van der Waals surface area contributed by atoms with Gasteiger partial charge < -0.3 is 14.8 Å². The van der Waals surface area contributed by atoms with Crippen LogP contribution < -0.4 is 14.8 Å². The highest BCUT2D eigenvalue weighted by molar-refractivity contribution is 5.81. The van der Waals surface area contributed by atoms with E-state index in [-0.39, 0.29) is 11.9 Å². The molecule has 1 N–H and O–H groups in total. The molecule has 2 aromatic carbocycles. The Labute approximate surface area is 169 Å². The Morgan fingerprint density at radius 3 is 2.36 bits per heavy atom. The molecule has 2 atom stereocenters. The van der Waals surface area contributed by atoms with E-state index < -0.39 is 6.10 Å². The van der Waals surface area contributed by atoms with Crippen LogP contribution in [0.3, 0.4) is 0 Å². The predicted octanol–water partition coefficient (Wildman–Crippen LogP) is 5.47. The van der Waals surface area contributed by atoms with Gasteiger partial charge in [-0.05, 0) is 79.6 Å². The van der Waals surface area contributed by atoms with Crippen molar-refractivity contribution < 1.29 is 14.3 Å². The number of amides is 1. The minimum absolute atomic E-state index is 0.0992. The van der Waals surface area contributed by atoms with E-state index in [4.69, 9.17) is 9.47 Å². The summed E-state index contributed by atoms with van der Waals surface area (Å²) in [6.45, 7) is 12.3. The quantitative estimate of drug-likeness (QED) is 0.657. The summed E-state index contributed by atoms with van der Waals surface area (Å²) in [4.78, 5) is 12.8. The lowest BCUT2D eigenvalue weighted by Crippen LogP contribution is -2.39. The molecule has 0 heterocycles. The average Bonchev–Trinajstić information content (AvgIpc) is 2.65. The molecule has 28 heavy (non-hydrogen) atoms. The number of ether oxygens (including phenoxy) is 2. The maximum atomic E-state index is 12.8. The van der Waals surface area contributed by atoms with Crippen molar-refractivity contribution in [3.8, 4) is 11.5 Å². The lowest BCUT2D eigenvalue weighted by atomic mass is 9.93. The summed E-state index contributed by atoms with van der Waals surface area (Å²) in [6.07, 6.45) is 0.0816. The van der Waals surface area contributed by atoms with E-state index >= 15 is 0 Å². The number of carbonyl (C=O) groups is 1. The highest BCUT2D eigenvalue weighted by atomic mass is 16.5. The zero-order chi connectivity index (χ0) is 20.8. The van der Waals surface area contributed by atoms with Gasteiger partial charge in [-0.25, -0.2) is 0 Å². The number of methoxy groups -OCH3 is 1. The fourth-order valence-electron chi connectivity index (χ4n) is 3.37. The summed E-state index contributed by atoms with van der Waals surface area (Å²) in [6, 6.07) is 11.9. The minimum Gasteiger partial charge on any atom is -0.496 e. The van der Waals surface area contributed by atoms with Crippen molar-refractivity contribution in [3.63, 3.8) is 0 Å². The van der Waals surface area contributed by atoms with Gasteiger partial charge in [-0.3, -0.25) is 4.79 Å². The molecule has 0 spiro atoms. The van der Waals surface area contributed by atoms with E-state index in [1.165, 1.54) is 0 Å². The van der Waals surface area contributed by atoms with Gasteiger partial charge in [-0.15, -0.1) is 0 Å². The number of carbonyl (C=O) groups excluding carboxylic acids is 1. The van der Waals surface area contributed by atoms with E-state index in [0.717, 1.165) is 33.8 Å². The zero-order valence-corrected chi connectivity index (χ0v) is 18.1. The SMILES string of the molecule is CCC(Oc1cccc(C)c1)C(=O)NC(C)c1cc(C(C)C)c(OC)cc1C. The molecule has 2 aromatic rings. The third-order valence-electron chi connectivity index (χ3n) is 5.00. The van der Waals surface area contributed by atoms with Crippen LogP contribution in [0.15, 0.2) is 36.4 Å². The summed E-state index contributed by atoms with van der Waals surface area (Å²) >= 11 is 0. The van der Waals surface area contributed by atoms with E-state index in [2.05, 4.69) is 25.2 Å². The Kier molecular flexibility index (Phi) is 7.50. The summed E-state index contributed by atoms with van der Waals surface area (Å²) in [5, 5.41) is 3.12. The van der Waals surface area contributed by atoms with E-state index in [0.29, 0.717) is 12.3 Å². The molecule has 1 amide bonds. The second-order valence-electron chi connectivity index (χ2n) is 7.67. The van der Waals surface area contributed by atoms with Gasteiger partial charge in [-0.2, -0.15) is 0 Å². The largest absolute Gasteiger partial charge is 0.496 e. The van der Waals surface area contributed by atoms with Crippen molar-refractivity contribution in [1.29, 1.82) is 0 Å². The third kappa shape index (κ3) is 5.28. The van der Waals surface area contributed by atoms with Gasteiger partial charge in [0.2, 0.25) is 0 Å². The Balaban J connectivity index is 2.17. The van der Waals surface area contributed by atoms with Gasteiger partial charge in [0.05, 0.1) is 13.2 Å². The summed E-state index contributed by atoms with van der Waals surface area (Å²) in [7, 11) is 1.69. The number of hydrogen-bond acceptors (Lipinski definition) is 3. The van der Waals surface area contributed by atoms with Crippen LogP contribution in [0.4, 0.5) is 0 Å². The molecular weight excluding hydrogens is 350 g/mol. The van der Waals surface area contributed by atoms with Gasteiger partial charge in [-0.1, -0.05) is 32.9 Å². The van der Waals surface area contributed by atoms with Gasteiger partial charge >= 0.3 is 0 Å². The molecule has 2 rings (SSSR count). The number of rotatable bonds is 8. The minimum atomic E-state index is -0.521. The van der Waals surface area contributed by atoms with Crippen LogP contribution >= 0.6 is 0 Å². The predicted molar refractivity (Wildman–Crippen MR) is 114 cm³/mol. The second-order valence-corrected chi connectivity index (χ2v) is 7.67. The fraction of sp³-hybridized carbons (Fsp3) is 0.458. The highest BCUT2D eigenvalue weighted by Gasteiger charge is 2.22. The molecule has 0 aliphatic rings. The fourth-order valence-corrected chi connectivity index (χ4v) is 3.37. The normalized spacial score (nSPS) is 13.1. The van der Waals surface area contributed by atoms with Crippen LogP contribution in [0.25, 0.3) is 0 Å². The maximum absolute atomic E-state index is 12.8. The first-order chi connectivity index (χ1) is 13.3. The Bertz CT molecular complexity index is 813. The Morgan fingerprint density at radius 2 is 1.79 bits per heavy atom. The van der Waals surface area contributed by atoms with Crippen molar-refractivity contribution in [3.05, 3.63) is 58.7 Å². The summed E-state index contributed by atoms with van der Waals surface area (Å²) in [5.74, 6) is 1.85. The van der Waals surface area contributed by atoms with E-state index in [9.17, 15) is 4.79 Å². The van der Waals surface area contributed by atoms with Crippen LogP contribution in [-0.2, 0) is 4.79 Å². The molecule has 0 bridgehead atoms. The molecule has 152 valence electrons. The van der Waals surface area contributed by atoms with Gasteiger partial charge in [0.25, 0.3) is 5.91 Å². The molecular formula is C24H33NO3. The third-order valence-corrected chi connectivity index (χ3v) is 5.00. The van der Waals surface area contributed by atoms with Crippen molar-refractivity contribution in [2.24, 2.45) is 0 Å². The number of nitrogens with one attached hydrogen (secondary N) is 1. The number of aryl methyl sites for hydroxylation is 2. The van der Waals surface area contributed by atoms with Crippen LogP contribution in [0, 0.1) is 13.8 Å². The smallest absolute Gasteiger partial charge is 0.261 e. The van der Waals surface area contributed by atoms with Crippen molar-refractivity contribution in [2.45, 2.75) is 66.0 Å². The van der Waals surface area contributed by atoms with Crippen LogP contribution in [0.5, 0.6) is 11.5 Å². The second kappa shape index (κ2) is 9.63. The molecule has 4 heteroatoms. The molecule has 4 nitrogen and oxygen atoms in total. The summed E-state index contributed by atoms with van der Waals surface area (Å²) in [5.41, 5.74) is 4.45. The van der Waals surface area contributed by atoms with Gasteiger partial charge in [0.1, 0.15) is 11.5 Å². The first-order valence-corrected chi connectivity index (χ1v) is 9.98.